The van der Waals surface area contributed by atoms with Gasteiger partial charge in [0, 0.05) is 35.9 Å². The van der Waals surface area contributed by atoms with E-state index in [0.717, 1.165) is 21.9 Å². The molecule has 0 bridgehead atoms. The van der Waals surface area contributed by atoms with Crippen molar-refractivity contribution in [3.05, 3.63) is 35.5 Å². The summed E-state index contributed by atoms with van der Waals surface area (Å²) < 4.78 is 12.7. The van der Waals surface area contributed by atoms with Gasteiger partial charge in [-0.3, -0.25) is 14.0 Å². The Morgan fingerprint density at radius 2 is 2.00 bits per heavy atom. The van der Waals surface area contributed by atoms with E-state index in [0.29, 0.717) is 37.4 Å². The van der Waals surface area contributed by atoms with E-state index in [1.807, 2.05) is 34.2 Å². The van der Waals surface area contributed by atoms with E-state index in [1.165, 1.54) is 11.3 Å². The number of rotatable bonds is 6. The first-order valence-electron chi connectivity index (χ1n) is 9.68. The number of thiazole rings is 1. The van der Waals surface area contributed by atoms with Gasteiger partial charge in [-0.15, -0.1) is 11.3 Å². The van der Waals surface area contributed by atoms with Crippen molar-refractivity contribution < 1.29 is 24.2 Å². The number of aliphatic carboxylic acids is 1. The lowest BCUT2D eigenvalue weighted by Crippen LogP contribution is -2.41. The summed E-state index contributed by atoms with van der Waals surface area (Å²) in [5.41, 5.74) is 2.43. The van der Waals surface area contributed by atoms with Gasteiger partial charge in [0.2, 0.25) is 5.91 Å². The van der Waals surface area contributed by atoms with Crippen molar-refractivity contribution in [1.82, 2.24) is 14.3 Å². The molecule has 1 fully saturated rings. The molecule has 1 aliphatic rings. The molecule has 4 rings (SSSR count). The van der Waals surface area contributed by atoms with E-state index in [4.69, 9.17) is 19.6 Å². The molecule has 0 radical (unpaired) electrons. The molecule has 3 aromatic rings. The average Bonchev–Trinajstić information content (AvgIpc) is 3.35. The van der Waals surface area contributed by atoms with Crippen LogP contribution in [0.2, 0.25) is 0 Å². The minimum absolute atomic E-state index is 0.00718. The van der Waals surface area contributed by atoms with Crippen molar-refractivity contribution >= 4 is 28.2 Å². The number of methoxy groups -OCH3 is 2. The Morgan fingerprint density at radius 1 is 1.23 bits per heavy atom. The third-order valence-electron chi connectivity index (χ3n) is 5.50. The van der Waals surface area contributed by atoms with Crippen molar-refractivity contribution in [2.45, 2.75) is 19.3 Å². The first-order valence-corrected chi connectivity index (χ1v) is 10.6. The molecule has 158 valence electrons. The van der Waals surface area contributed by atoms with E-state index in [-0.39, 0.29) is 18.2 Å². The highest BCUT2D eigenvalue weighted by Crippen LogP contribution is 2.34. The SMILES string of the molecule is COc1ccc(OC)c(-c2cn3c(CC(=O)N4CCC(C(=O)O)CC4)csc3n2)c1. The van der Waals surface area contributed by atoms with Crippen molar-refractivity contribution in [1.29, 1.82) is 0 Å². The number of imidazole rings is 1. The summed E-state index contributed by atoms with van der Waals surface area (Å²) in [5.74, 6) is 0.284. The van der Waals surface area contributed by atoms with Gasteiger partial charge in [-0.25, -0.2) is 4.98 Å². The van der Waals surface area contributed by atoms with Gasteiger partial charge in [-0.2, -0.15) is 0 Å². The molecule has 2 aromatic heterocycles. The standard InChI is InChI=1S/C21H23N3O5S/c1-28-15-3-4-18(29-2)16(10-15)17-11-24-14(12-30-21(24)22-17)9-19(25)23-7-5-13(6-8-23)20(26)27/h3-4,10-13H,5-9H2,1-2H3,(H,26,27). The third kappa shape index (κ3) is 3.85. The number of carbonyl (C=O) groups is 2. The molecule has 1 aromatic carbocycles. The average molecular weight is 429 g/mol. The fourth-order valence-corrected chi connectivity index (χ4v) is 4.62. The lowest BCUT2D eigenvalue weighted by Gasteiger charge is -2.30. The van der Waals surface area contributed by atoms with Crippen LogP contribution in [0.4, 0.5) is 0 Å². The number of aromatic nitrogens is 2. The third-order valence-corrected chi connectivity index (χ3v) is 6.38. The number of carboxylic acids is 1. The summed E-state index contributed by atoms with van der Waals surface area (Å²) in [6.07, 6.45) is 3.17. The topological polar surface area (TPSA) is 93.4 Å². The van der Waals surface area contributed by atoms with Gasteiger partial charge in [0.05, 0.1) is 32.3 Å². The Bertz CT molecular complexity index is 1080. The van der Waals surface area contributed by atoms with E-state index in [9.17, 15) is 9.59 Å². The first kappa shape index (κ1) is 20.2. The number of hydrogen-bond donors (Lipinski definition) is 1. The zero-order valence-corrected chi connectivity index (χ0v) is 17.6. The number of likely N-dealkylation sites (tertiary alicyclic amines) is 1. The summed E-state index contributed by atoms with van der Waals surface area (Å²) in [7, 11) is 3.22. The number of ether oxygens (including phenoxy) is 2. The predicted octanol–water partition coefficient (Wildman–Crippen LogP) is 2.95. The predicted molar refractivity (Wildman–Crippen MR) is 112 cm³/mol. The van der Waals surface area contributed by atoms with Crippen LogP contribution < -0.4 is 9.47 Å². The molecular formula is C21H23N3O5S. The molecule has 1 aliphatic heterocycles. The van der Waals surface area contributed by atoms with Crippen LogP contribution in [0.15, 0.2) is 29.8 Å². The highest BCUT2D eigenvalue weighted by atomic mass is 32.1. The number of carboxylic acid groups (broad SMARTS) is 1. The molecule has 1 N–H and O–H groups in total. The Balaban J connectivity index is 1.54. The van der Waals surface area contributed by atoms with Gasteiger partial charge in [-0.1, -0.05) is 0 Å². The second kappa shape index (κ2) is 8.35. The van der Waals surface area contributed by atoms with Crippen LogP contribution in [0.25, 0.3) is 16.2 Å². The Morgan fingerprint density at radius 3 is 2.67 bits per heavy atom. The van der Waals surface area contributed by atoms with Crippen LogP contribution in [-0.4, -0.2) is 58.6 Å². The monoisotopic (exact) mass is 429 g/mol. The molecular weight excluding hydrogens is 406 g/mol. The summed E-state index contributed by atoms with van der Waals surface area (Å²) in [5, 5.41) is 11.1. The summed E-state index contributed by atoms with van der Waals surface area (Å²) in [4.78, 5) is 31.1. The Labute approximate surface area is 177 Å². The van der Waals surface area contributed by atoms with Crippen LogP contribution in [0.5, 0.6) is 11.5 Å². The Hall–Kier alpha value is -3.07. The van der Waals surface area contributed by atoms with E-state index in [2.05, 4.69) is 0 Å². The maximum Gasteiger partial charge on any atom is 0.306 e. The molecule has 0 atom stereocenters. The maximum atomic E-state index is 12.8. The molecule has 0 saturated carbocycles. The zero-order valence-electron chi connectivity index (χ0n) is 16.8. The molecule has 30 heavy (non-hydrogen) atoms. The van der Waals surface area contributed by atoms with E-state index < -0.39 is 5.97 Å². The minimum atomic E-state index is -0.777. The van der Waals surface area contributed by atoms with Crippen molar-refractivity contribution in [3.63, 3.8) is 0 Å². The summed E-state index contributed by atoms with van der Waals surface area (Å²) in [6.45, 7) is 0.971. The van der Waals surface area contributed by atoms with Gasteiger partial charge in [-0.05, 0) is 31.0 Å². The molecule has 0 aliphatic carbocycles. The van der Waals surface area contributed by atoms with Gasteiger partial charge in [0.15, 0.2) is 4.96 Å². The molecule has 9 heteroatoms. The van der Waals surface area contributed by atoms with Crippen LogP contribution in [-0.2, 0) is 16.0 Å². The molecule has 1 amide bonds. The second-order valence-corrected chi connectivity index (χ2v) is 8.08. The Kier molecular flexibility index (Phi) is 5.63. The van der Waals surface area contributed by atoms with E-state index in [1.54, 1.807) is 19.1 Å². The summed E-state index contributed by atoms with van der Waals surface area (Å²) >= 11 is 1.48. The van der Waals surface area contributed by atoms with E-state index >= 15 is 0 Å². The second-order valence-electron chi connectivity index (χ2n) is 7.24. The van der Waals surface area contributed by atoms with Crippen LogP contribution >= 0.6 is 11.3 Å². The number of fused-ring (bicyclic) bond motifs is 1. The fourth-order valence-electron chi connectivity index (χ4n) is 3.74. The highest BCUT2D eigenvalue weighted by Gasteiger charge is 2.27. The molecule has 0 unspecified atom stereocenters. The van der Waals surface area contributed by atoms with Crippen LogP contribution in [0, 0.1) is 5.92 Å². The zero-order chi connectivity index (χ0) is 21.3. The number of amides is 1. The first-order chi connectivity index (χ1) is 14.5. The van der Waals surface area contributed by atoms with Crippen molar-refractivity contribution in [3.8, 4) is 22.8 Å². The van der Waals surface area contributed by atoms with Gasteiger partial charge in [0.1, 0.15) is 11.5 Å². The van der Waals surface area contributed by atoms with Gasteiger partial charge in [0.25, 0.3) is 0 Å². The lowest BCUT2D eigenvalue weighted by molar-refractivity contribution is -0.145. The molecule has 3 heterocycles. The fraction of sp³-hybridized carbons (Fsp3) is 0.381. The number of piperidine rings is 1. The van der Waals surface area contributed by atoms with Crippen molar-refractivity contribution in [2.75, 3.05) is 27.3 Å². The number of carbonyl (C=O) groups excluding carboxylic acids is 1. The molecule has 8 nitrogen and oxygen atoms in total. The largest absolute Gasteiger partial charge is 0.497 e. The van der Waals surface area contributed by atoms with Crippen LogP contribution in [0.1, 0.15) is 18.5 Å². The summed E-state index contributed by atoms with van der Waals surface area (Å²) in [6, 6.07) is 5.55. The lowest BCUT2D eigenvalue weighted by atomic mass is 9.97. The van der Waals surface area contributed by atoms with Gasteiger partial charge < -0.3 is 19.5 Å². The maximum absolute atomic E-state index is 12.8. The van der Waals surface area contributed by atoms with Crippen LogP contribution in [0.3, 0.4) is 0 Å². The number of hydrogen-bond acceptors (Lipinski definition) is 6. The minimum Gasteiger partial charge on any atom is -0.497 e. The molecule has 1 saturated heterocycles. The number of nitrogens with zero attached hydrogens (tertiary/aromatic N) is 3. The van der Waals surface area contributed by atoms with Crippen molar-refractivity contribution in [2.24, 2.45) is 5.92 Å². The molecule has 0 spiro atoms. The normalized spacial score (nSPS) is 14.8. The highest BCUT2D eigenvalue weighted by molar-refractivity contribution is 7.15. The quantitative estimate of drug-likeness (QED) is 0.648. The smallest absolute Gasteiger partial charge is 0.306 e. The number of benzene rings is 1. The van der Waals surface area contributed by atoms with Gasteiger partial charge >= 0.3 is 5.97 Å².